The van der Waals surface area contributed by atoms with Crippen molar-refractivity contribution >= 4 is 5.96 Å². The van der Waals surface area contributed by atoms with Crippen LogP contribution >= 0.6 is 0 Å². The zero-order valence-electron chi connectivity index (χ0n) is 16.5. The van der Waals surface area contributed by atoms with E-state index in [2.05, 4.69) is 30.5 Å². The van der Waals surface area contributed by atoms with Crippen LogP contribution < -0.4 is 10.6 Å². The number of aromatic nitrogens is 2. The topological polar surface area (TPSA) is 78.6 Å². The highest BCUT2D eigenvalue weighted by Crippen LogP contribution is 2.19. The van der Waals surface area contributed by atoms with Crippen molar-refractivity contribution in [2.45, 2.75) is 39.8 Å². The number of nitrogens with zero attached hydrogens (tertiary/aromatic N) is 4. The van der Waals surface area contributed by atoms with E-state index in [4.69, 9.17) is 4.42 Å². The average molecular weight is 371 g/mol. The van der Waals surface area contributed by atoms with Gasteiger partial charge in [0, 0.05) is 19.8 Å². The molecule has 7 nitrogen and oxygen atoms in total. The third kappa shape index (κ3) is 5.79. The van der Waals surface area contributed by atoms with Gasteiger partial charge in [-0.2, -0.15) is 0 Å². The summed E-state index contributed by atoms with van der Waals surface area (Å²) in [5.74, 6) is 3.24. The summed E-state index contributed by atoms with van der Waals surface area (Å²) in [5.41, 5.74) is 2.00. The van der Waals surface area contributed by atoms with Crippen LogP contribution in [-0.2, 0) is 13.1 Å². The van der Waals surface area contributed by atoms with E-state index in [1.165, 1.54) is 12.8 Å². The van der Waals surface area contributed by atoms with Crippen molar-refractivity contribution in [1.29, 1.82) is 0 Å². The number of hydrogen-bond donors (Lipinski definition) is 2. The van der Waals surface area contributed by atoms with Gasteiger partial charge in [-0.3, -0.25) is 14.9 Å². The van der Waals surface area contributed by atoms with Crippen molar-refractivity contribution < 1.29 is 4.42 Å². The van der Waals surface area contributed by atoms with Gasteiger partial charge in [-0.05, 0) is 57.8 Å². The van der Waals surface area contributed by atoms with Gasteiger partial charge in [0.05, 0.1) is 24.5 Å². The number of guanidine groups is 1. The van der Waals surface area contributed by atoms with E-state index < -0.39 is 0 Å². The first-order chi connectivity index (χ1) is 13.1. The third-order valence-corrected chi connectivity index (χ3v) is 5.08. The maximum atomic E-state index is 5.71. The van der Waals surface area contributed by atoms with Crippen LogP contribution in [0.3, 0.4) is 0 Å². The van der Waals surface area contributed by atoms with E-state index in [-0.39, 0.29) is 0 Å². The van der Waals surface area contributed by atoms with Crippen LogP contribution in [0, 0.1) is 19.8 Å². The first-order valence-electron chi connectivity index (χ1n) is 9.63. The second kappa shape index (κ2) is 9.50. The van der Waals surface area contributed by atoms with Crippen LogP contribution in [0.5, 0.6) is 0 Å². The van der Waals surface area contributed by atoms with Gasteiger partial charge in [0.1, 0.15) is 5.76 Å². The lowest BCUT2D eigenvalue weighted by molar-refractivity contribution is 0.164. The summed E-state index contributed by atoms with van der Waals surface area (Å²) in [6.45, 7) is 8.54. The monoisotopic (exact) mass is 370 g/mol. The molecular formula is C20H30N6O. The van der Waals surface area contributed by atoms with Crippen LogP contribution in [0.1, 0.15) is 35.9 Å². The van der Waals surface area contributed by atoms with Gasteiger partial charge in [-0.15, -0.1) is 0 Å². The third-order valence-electron chi connectivity index (χ3n) is 5.08. The van der Waals surface area contributed by atoms with Gasteiger partial charge in [0.15, 0.2) is 5.96 Å². The first-order valence-corrected chi connectivity index (χ1v) is 9.63. The lowest BCUT2D eigenvalue weighted by Gasteiger charge is -2.31. The number of nitrogens with one attached hydrogen (secondary N) is 2. The molecule has 1 saturated heterocycles. The fraction of sp³-hybridized carbons (Fsp3) is 0.550. The molecule has 1 fully saturated rings. The molecule has 3 rings (SSSR count). The molecule has 0 aromatic carbocycles. The van der Waals surface area contributed by atoms with Crippen LogP contribution in [0.25, 0.3) is 0 Å². The molecule has 1 aliphatic heterocycles. The molecule has 146 valence electrons. The van der Waals surface area contributed by atoms with E-state index in [1.54, 1.807) is 7.05 Å². The number of aliphatic imine (C=N–C) groups is 1. The zero-order valence-corrected chi connectivity index (χ0v) is 16.5. The molecule has 0 spiro atoms. The molecule has 2 aromatic heterocycles. The second-order valence-electron chi connectivity index (χ2n) is 7.10. The van der Waals surface area contributed by atoms with E-state index in [1.807, 2.05) is 38.2 Å². The molecule has 0 radical (unpaired) electrons. The molecule has 0 saturated carbocycles. The Morgan fingerprint density at radius 3 is 2.70 bits per heavy atom. The van der Waals surface area contributed by atoms with Crippen LogP contribution in [0.2, 0.25) is 0 Å². The van der Waals surface area contributed by atoms with Crippen molar-refractivity contribution in [1.82, 2.24) is 25.5 Å². The summed E-state index contributed by atoms with van der Waals surface area (Å²) in [4.78, 5) is 15.5. The molecule has 27 heavy (non-hydrogen) atoms. The predicted molar refractivity (Wildman–Crippen MR) is 106 cm³/mol. The minimum Gasteiger partial charge on any atom is -0.444 e. The summed E-state index contributed by atoms with van der Waals surface area (Å²) in [5, 5.41) is 6.77. The maximum Gasteiger partial charge on any atom is 0.208 e. The number of rotatable bonds is 6. The molecule has 0 bridgehead atoms. The lowest BCUT2D eigenvalue weighted by atomic mass is 9.97. The normalized spacial score (nSPS) is 16.5. The Labute approximate surface area is 161 Å². The molecule has 2 N–H and O–H groups in total. The van der Waals surface area contributed by atoms with Crippen LogP contribution in [0.4, 0.5) is 0 Å². The van der Waals surface area contributed by atoms with Crippen LogP contribution in [-0.4, -0.2) is 47.5 Å². The van der Waals surface area contributed by atoms with Gasteiger partial charge in [0.25, 0.3) is 0 Å². The van der Waals surface area contributed by atoms with Crippen molar-refractivity contribution in [3.8, 4) is 0 Å². The fourth-order valence-electron chi connectivity index (χ4n) is 3.29. The Hall–Kier alpha value is -2.41. The van der Waals surface area contributed by atoms with Crippen molar-refractivity contribution in [3.05, 3.63) is 47.4 Å². The number of oxazole rings is 1. The number of likely N-dealkylation sites (tertiary alicyclic amines) is 1. The molecule has 7 heteroatoms. The Morgan fingerprint density at radius 1 is 1.26 bits per heavy atom. The van der Waals surface area contributed by atoms with E-state index in [0.717, 1.165) is 55.2 Å². The molecule has 0 unspecified atom stereocenters. The van der Waals surface area contributed by atoms with Crippen molar-refractivity contribution in [2.24, 2.45) is 10.9 Å². The molecule has 2 aromatic rings. The molecule has 0 aliphatic carbocycles. The van der Waals surface area contributed by atoms with Gasteiger partial charge < -0.3 is 15.1 Å². The average Bonchev–Trinajstić information content (AvgIpc) is 3.01. The smallest absolute Gasteiger partial charge is 0.208 e. The molecule has 0 amide bonds. The summed E-state index contributed by atoms with van der Waals surface area (Å²) in [7, 11) is 1.80. The Kier molecular flexibility index (Phi) is 6.81. The molecular weight excluding hydrogens is 340 g/mol. The predicted octanol–water partition coefficient (Wildman–Crippen LogP) is 2.26. The number of pyridine rings is 1. The summed E-state index contributed by atoms with van der Waals surface area (Å²) < 4.78 is 5.71. The summed E-state index contributed by atoms with van der Waals surface area (Å²) in [6, 6.07) is 5.93. The Bertz CT molecular complexity index is 715. The summed E-state index contributed by atoms with van der Waals surface area (Å²) in [6.07, 6.45) is 4.15. The maximum absolute atomic E-state index is 5.71. The van der Waals surface area contributed by atoms with Crippen molar-refractivity contribution in [2.75, 3.05) is 26.7 Å². The fourth-order valence-corrected chi connectivity index (χ4v) is 3.29. The number of piperidine rings is 1. The number of aryl methyl sites for hydroxylation is 2. The minimum absolute atomic E-state index is 0.655. The molecule has 0 atom stereocenters. The first kappa shape index (κ1) is 19.4. The number of hydrogen-bond acceptors (Lipinski definition) is 5. The Morgan fingerprint density at radius 2 is 2.07 bits per heavy atom. The highest BCUT2D eigenvalue weighted by molar-refractivity contribution is 5.79. The van der Waals surface area contributed by atoms with E-state index in [9.17, 15) is 0 Å². The zero-order chi connectivity index (χ0) is 19.1. The minimum atomic E-state index is 0.655. The SMILES string of the molecule is CN=C(NCc1ccccn1)NCC1CCN(Cc2nc(C)c(C)o2)CC1. The van der Waals surface area contributed by atoms with E-state index in [0.29, 0.717) is 12.5 Å². The van der Waals surface area contributed by atoms with Gasteiger partial charge >= 0.3 is 0 Å². The Balaban J connectivity index is 1.37. The largest absolute Gasteiger partial charge is 0.444 e. The second-order valence-corrected chi connectivity index (χ2v) is 7.10. The van der Waals surface area contributed by atoms with Gasteiger partial charge in [0.2, 0.25) is 5.89 Å². The van der Waals surface area contributed by atoms with E-state index >= 15 is 0 Å². The lowest BCUT2D eigenvalue weighted by Crippen LogP contribution is -2.42. The summed E-state index contributed by atoms with van der Waals surface area (Å²) >= 11 is 0. The standard InChI is InChI=1S/C20H30N6O/c1-15-16(2)27-19(25-15)14-26-10-7-17(8-11-26)12-23-20(21-3)24-13-18-6-4-5-9-22-18/h4-6,9,17H,7-8,10-14H2,1-3H3,(H2,21,23,24). The van der Waals surface area contributed by atoms with Gasteiger partial charge in [-0.25, -0.2) is 4.98 Å². The van der Waals surface area contributed by atoms with Crippen molar-refractivity contribution in [3.63, 3.8) is 0 Å². The quantitative estimate of drug-likeness (QED) is 0.600. The van der Waals surface area contributed by atoms with Crippen LogP contribution in [0.15, 0.2) is 33.8 Å². The van der Waals surface area contributed by atoms with Gasteiger partial charge in [-0.1, -0.05) is 6.07 Å². The molecule has 3 heterocycles. The molecule has 1 aliphatic rings. The highest BCUT2D eigenvalue weighted by Gasteiger charge is 2.21. The highest BCUT2D eigenvalue weighted by atomic mass is 16.4.